The van der Waals surface area contributed by atoms with E-state index in [1.807, 2.05) is 13.0 Å². The summed E-state index contributed by atoms with van der Waals surface area (Å²) in [5.74, 6) is -0.442. The molecule has 0 aromatic heterocycles. The van der Waals surface area contributed by atoms with Crippen LogP contribution in [0.4, 0.5) is 5.69 Å². The lowest BCUT2D eigenvalue weighted by molar-refractivity contribution is 0.102. The summed E-state index contributed by atoms with van der Waals surface area (Å²) in [4.78, 5) is 12.0. The maximum absolute atomic E-state index is 12.0. The van der Waals surface area contributed by atoms with Crippen molar-refractivity contribution in [3.63, 3.8) is 0 Å². The normalized spacial score (nSPS) is 9.68. The number of phenols is 1. The van der Waals surface area contributed by atoms with Crippen LogP contribution in [0.3, 0.4) is 0 Å². The molecule has 2 rings (SSSR count). The van der Waals surface area contributed by atoms with Crippen LogP contribution < -0.4 is 5.32 Å². The molecule has 0 saturated carbocycles. The fourth-order valence-electron chi connectivity index (χ4n) is 1.66. The van der Waals surface area contributed by atoms with Gasteiger partial charge < -0.3 is 10.4 Å². The van der Waals surface area contributed by atoms with Gasteiger partial charge in [-0.2, -0.15) is 5.26 Å². The van der Waals surface area contributed by atoms with Gasteiger partial charge in [0.05, 0.1) is 17.2 Å². The fraction of sp³-hybridized carbons (Fsp3) is 0.0667. The summed E-state index contributed by atoms with van der Waals surface area (Å²) in [5.41, 5.74) is 2.22. The summed E-state index contributed by atoms with van der Waals surface area (Å²) in [6, 6.07) is 13.4. The summed E-state index contributed by atoms with van der Waals surface area (Å²) < 4.78 is 0. The molecule has 0 heterocycles. The lowest BCUT2D eigenvalue weighted by atomic mass is 10.1. The van der Waals surface area contributed by atoms with Gasteiger partial charge in [-0.15, -0.1) is 0 Å². The summed E-state index contributed by atoms with van der Waals surface area (Å²) in [6.07, 6.45) is 0. The zero-order chi connectivity index (χ0) is 13.8. The number of aromatic hydroxyl groups is 1. The van der Waals surface area contributed by atoms with Crippen molar-refractivity contribution in [2.24, 2.45) is 0 Å². The summed E-state index contributed by atoms with van der Waals surface area (Å²) >= 11 is 0. The van der Waals surface area contributed by atoms with Crippen molar-refractivity contribution in [3.8, 4) is 11.8 Å². The molecular weight excluding hydrogens is 240 g/mol. The SMILES string of the molecule is Cc1ccc(O)c(C(=O)Nc2ccc(C#N)cc2)c1. The van der Waals surface area contributed by atoms with Crippen molar-refractivity contribution in [2.75, 3.05) is 5.32 Å². The molecule has 94 valence electrons. The van der Waals surface area contributed by atoms with E-state index in [0.29, 0.717) is 11.3 Å². The molecule has 0 fully saturated rings. The van der Waals surface area contributed by atoms with E-state index in [4.69, 9.17) is 5.26 Å². The van der Waals surface area contributed by atoms with Gasteiger partial charge >= 0.3 is 0 Å². The standard InChI is InChI=1S/C15H12N2O2/c1-10-2-7-14(18)13(8-10)15(19)17-12-5-3-11(9-16)4-6-12/h2-8,18H,1H3,(H,17,19). The Hall–Kier alpha value is -2.80. The van der Waals surface area contributed by atoms with E-state index in [9.17, 15) is 9.90 Å². The van der Waals surface area contributed by atoms with Gasteiger partial charge in [0.1, 0.15) is 5.75 Å². The number of aryl methyl sites for hydroxylation is 1. The first-order valence-corrected chi connectivity index (χ1v) is 5.71. The van der Waals surface area contributed by atoms with Crippen LogP contribution in [0.15, 0.2) is 42.5 Å². The van der Waals surface area contributed by atoms with Crippen LogP contribution in [0.2, 0.25) is 0 Å². The minimum atomic E-state index is -0.383. The zero-order valence-corrected chi connectivity index (χ0v) is 10.3. The fourth-order valence-corrected chi connectivity index (χ4v) is 1.66. The molecule has 0 bridgehead atoms. The van der Waals surface area contributed by atoms with Crippen molar-refractivity contribution >= 4 is 11.6 Å². The Balaban J connectivity index is 2.21. The first kappa shape index (κ1) is 12.7. The van der Waals surface area contributed by atoms with Crippen molar-refractivity contribution in [3.05, 3.63) is 59.2 Å². The molecule has 0 unspecified atom stereocenters. The number of phenolic OH excluding ortho intramolecular Hbond substituents is 1. The molecule has 2 N–H and O–H groups in total. The lowest BCUT2D eigenvalue weighted by Gasteiger charge is -2.07. The number of carbonyl (C=O) groups is 1. The smallest absolute Gasteiger partial charge is 0.259 e. The molecule has 0 aliphatic carbocycles. The number of carbonyl (C=O) groups excluding carboxylic acids is 1. The monoisotopic (exact) mass is 252 g/mol. The molecule has 0 spiro atoms. The van der Waals surface area contributed by atoms with Gasteiger partial charge in [0.2, 0.25) is 0 Å². The molecule has 0 atom stereocenters. The Bertz CT molecular complexity index is 655. The highest BCUT2D eigenvalue weighted by Crippen LogP contribution is 2.20. The molecule has 2 aromatic rings. The molecule has 2 aromatic carbocycles. The third kappa shape index (κ3) is 2.90. The minimum Gasteiger partial charge on any atom is -0.507 e. The molecule has 4 heteroatoms. The van der Waals surface area contributed by atoms with Crippen LogP contribution in [0.5, 0.6) is 5.75 Å². The Labute approximate surface area is 110 Å². The number of nitrogens with one attached hydrogen (secondary N) is 1. The topological polar surface area (TPSA) is 73.1 Å². The zero-order valence-electron chi connectivity index (χ0n) is 10.3. The average molecular weight is 252 g/mol. The van der Waals surface area contributed by atoms with Gasteiger partial charge in [0.15, 0.2) is 0 Å². The quantitative estimate of drug-likeness (QED) is 0.863. The number of benzene rings is 2. The van der Waals surface area contributed by atoms with Gasteiger partial charge in [0, 0.05) is 5.69 Å². The van der Waals surface area contributed by atoms with E-state index in [1.54, 1.807) is 36.4 Å². The van der Waals surface area contributed by atoms with Crippen LogP contribution in [0.25, 0.3) is 0 Å². The van der Waals surface area contributed by atoms with Crippen LogP contribution in [-0.4, -0.2) is 11.0 Å². The van der Waals surface area contributed by atoms with Crippen molar-refractivity contribution < 1.29 is 9.90 Å². The Morgan fingerprint density at radius 1 is 1.21 bits per heavy atom. The molecule has 0 aliphatic heterocycles. The molecule has 1 amide bonds. The molecule has 4 nitrogen and oxygen atoms in total. The van der Waals surface area contributed by atoms with Crippen LogP contribution in [-0.2, 0) is 0 Å². The van der Waals surface area contributed by atoms with E-state index in [2.05, 4.69) is 5.32 Å². The second kappa shape index (κ2) is 5.23. The number of rotatable bonds is 2. The van der Waals surface area contributed by atoms with E-state index in [1.165, 1.54) is 6.07 Å². The highest BCUT2D eigenvalue weighted by atomic mass is 16.3. The molecule has 19 heavy (non-hydrogen) atoms. The number of nitrogens with zero attached hydrogens (tertiary/aromatic N) is 1. The first-order chi connectivity index (χ1) is 9.10. The summed E-state index contributed by atoms with van der Waals surface area (Å²) in [6.45, 7) is 1.85. The predicted molar refractivity (Wildman–Crippen MR) is 72.0 cm³/mol. The maximum Gasteiger partial charge on any atom is 0.259 e. The number of nitriles is 1. The average Bonchev–Trinajstić information content (AvgIpc) is 2.42. The lowest BCUT2D eigenvalue weighted by Crippen LogP contribution is -2.12. The summed E-state index contributed by atoms with van der Waals surface area (Å²) in [7, 11) is 0. The first-order valence-electron chi connectivity index (χ1n) is 5.71. The second-order valence-electron chi connectivity index (χ2n) is 4.16. The Morgan fingerprint density at radius 3 is 2.53 bits per heavy atom. The van der Waals surface area contributed by atoms with E-state index in [0.717, 1.165) is 5.56 Å². The van der Waals surface area contributed by atoms with Gasteiger partial charge in [0.25, 0.3) is 5.91 Å². The van der Waals surface area contributed by atoms with E-state index >= 15 is 0 Å². The van der Waals surface area contributed by atoms with Crippen molar-refractivity contribution in [2.45, 2.75) is 6.92 Å². The highest BCUT2D eigenvalue weighted by molar-refractivity contribution is 6.06. The highest BCUT2D eigenvalue weighted by Gasteiger charge is 2.11. The minimum absolute atomic E-state index is 0.0586. The van der Waals surface area contributed by atoms with Gasteiger partial charge in [-0.1, -0.05) is 11.6 Å². The number of anilines is 1. The van der Waals surface area contributed by atoms with Gasteiger partial charge in [-0.05, 0) is 43.3 Å². The Morgan fingerprint density at radius 2 is 1.89 bits per heavy atom. The number of hydrogen-bond donors (Lipinski definition) is 2. The van der Waals surface area contributed by atoms with Crippen LogP contribution in [0, 0.1) is 18.3 Å². The predicted octanol–water partition coefficient (Wildman–Crippen LogP) is 2.82. The summed E-state index contributed by atoms with van der Waals surface area (Å²) in [5, 5.41) is 21.0. The molecule has 0 aliphatic rings. The van der Waals surface area contributed by atoms with Crippen LogP contribution in [0.1, 0.15) is 21.5 Å². The number of amides is 1. The van der Waals surface area contributed by atoms with Gasteiger partial charge in [-0.3, -0.25) is 4.79 Å². The van der Waals surface area contributed by atoms with Crippen molar-refractivity contribution in [1.29, 1.82) is 5.26 Å². The van der Waals surface area contributed by atoms with Gasteiger partial charge in [-0.25, -0.2) is 0 Å². The van der Waals surface area contributed by atoms with Crippen molar-refractivity contribution in [1.82, 2.24) is 0 Å². The largest absolute Gasteiger partial charge is 0.507 e. The molecular formula is C15H12N2O2. The Kier molecular flexibility index (Phi) is 3.48. The number of hydrogen-bond acceptors (Lipinski definition) is 3. The maximum atomic E-state index is 12.0. The second-order valence-corrected chi connectivity index (χ2v) is 4.16. The van der Waals surface area contributed by atoms with E-state index in [-0.39, 0.29) is 17.2 Å². The van der Waals surface area contributed by atoms with E-state index < -0.39 is 0 Å². The van der Waals surface area contributed by atoms with Crippen LogP contribution >= 0.6 is 0 Å². The third-order valence-electron chi connectivity index (χ3n) is 2.67. The third-order valence-corrected chi connectivity index (χ3v) is 2.67. The molecule has 0 radical (unpaired) electrons. The molecule has 0 saturated heterocycles.